The molecule has 134 valence electrons. The summed E-state index contributed by atoms with van der Waals surface area (Å²) in [5, 5.41) is 8.39. The third-order valence-electron chi connectivity index (χ3n) is 4.96. The van der Waals surface area contributed by atoms with E-state index in [-0.39, 0.29) is 18.1 Å². The maximum Gasteiger partial charge on any atom is 0.290 e. The van der Waals surface area contributed by atoms with E-state index in [0.717, 1.165) is 38.7 Å². The fourth-order valence-corrected chi connectivity index (χ4v) is 3.61. The van der Waals surface area contributed by atoms with Gasteiger partial charge in [-0.15, -0.1) is 10.2 Å². The number of piperidine rings is 1. The van der Waals surface area contributed by atoms with Crippen molar-refractivity contribution in [3.63, 3.8) is 0 Å². The van der Waals surface area contributed by atoms with Gasteiger partial charge >= 0.3 is 0 Å². The van der Waals surface area contributed by atoms with E-state index < -0.39 is 0 Å². The van der Waals surface area contributed by atoms with Crippen molar-refractivity contribution in [1.82, 2.24) is 24.6 Å². The van der Waals surface area contributed by atoms with Gasteiger partial charge in [-0.2, -0.15) is 0 Å². The summed E-state index contributed by atoms with van der Waals surface area (Å²) in [5.41, 5.74) is 0. The Labute approximate surface area is 146 Å². The lowest BCUT2D eigenvalue weighted by Gasteiger charge is -2.33. The molecule has 8 heteroatoms. The fraction of sp³-hybridized carbons (Fsp3) is 0.647. The molecule has 25 heavy (non-hydrogen) atoms. The Balaban J connectivity index is 1.58. The van der Waals surface area contributed by atoms with Crippen molar-refractivity contribution in [2.24, 2.45) is 0 Å². The van der Waals surface area contributed by atoms with Crippen LogP contribution in [0.3, 0.4) is 0 Å². The quantitative estimate of drug-likeness (QED) is 0.846. The summed E-state index contributed by atoms with van der Waals surface area (Å²) in [4.78, 5) is 19.1. The number of hydrogen-bond donors (Lipinski definition) is 0. The van der Waals surface area contributed by atoms with E-state index in [0.29, 0.717) is 30.7 Å². The van der Waals surface area contributed by atoms with Gasteiger partial charge in [-0.05, 0) is 39.0 Å². The Hall–Kier alpha value is -2.22. The highest BCUT2D eigenvalue weighted by Gasteiger charge is 2.35. The number of ether oxygens (including phenoxy) is 1. The number of carbonyl (C=O) groups excluding carboxylic acids is 1. The number of carbonyl (C=O) groups is 1. The first-order chi connectivity index (χ1) is 12.3. The van der Waals surface area contributed by atoms with Gasteiger partial charge in [-0.3, -0.25) is 4.79 Å². The maximum atomic E-state index is 13.0. The predicted octanol–water partition coefficient (Wildman–Crippen LogP) is 2.50. The molecule has 2 saturated heterocycles. The van der Waals surface area contributed by atoms with Gasteiger partial charge in [0.15, 0.2) is 5.82 Å². The highest BCUT2D eigenvalue weighted by molar-refractivity contribution is 5.91. The first kappa shape index (κ1) is 16.3. The second-order valence-corrected chi connectivity index (χ2v) is 6.53. The van der Waals surface area contributed by atoms with Gasteiger partial charge in [0, 0.05) is 32.1 Å². The summed E-state index contributed by atoms with van der Waals surface area (Å²) in [6.07, 6.45) is 8.14. The molecule has 0 unspecified atom stereocenters. The molecule has 2 aliphatic heterocycles. The molecule has 4 rings (SSSR count). The van der Waals surface area contributed by atoms with Gasteiger partial charge in [0.25, 0.3) is 5.91 Å². The lowest BCUT2D eigenvalue weighted by molar-refractivity contribution is 0.0533. The summed E-state index contributed by atoms with van der Waals surface area (Å²) >= 11 is 0. The Bertz CT molecular complexity index is 734. The van der Waals surface area contributed by atoms with Crippen molar-refractivity contribution in [3.05, 3.63) is 30.0 Å². The molecule has 4 heterocycles. The molecule has 0 N–H and O–H groups in total. The van der Waals surface area contributed by atoms with Crippen molar-refractivity contribution in [2.75, 3.05) is 13.2 Å². The smallest absolute Gasteiger partial charge is 0.290 e. The number of aromatic nitrogens is 4. The monoisotopic (exact) mass is 345 g/mol. The number of imidazole rings is 1. The Morgan fingerprint density at radius 1 is 1.24 bits per heavy atom. The van der Waals surface area contributed by atoms with Crippen molar-refractivity contribution >= 4 is 5.91 Å². The molecule has 2 aromatic heterocycles. The van der Waals surface area contributed by atoms with E-state index in [4.69, 9.17) is 9.15 Å². The van der Waals surface area contributed by atoms with Crippen molar-refractivity contribution < 1.29 is 13.9 Å². The van der Waals surface area contributed by atoms with E-state index >= 15 is 0 Å². The number of aryl methyl sites for hydroxylation is 1. The minimum absolute atomic E-state index is 0.0755. The second kappa shape index (κ2) is 6.95. The first-order valence-corrected chi connectivity index (χ1v) is 9.05. The molecule has 0 aromatic carbocycles. The molecule has 0 bridgehead atoms. The average molecular weight is 345 g/mol. The van der Waals surface area contributed by atoms with Gasteiger partial charge in [-0.25, -0.2) is 4.98 Å². The topological polar surface area (TPSA) is 86.3 Å². The lowest BCUT2D eigenvalue weighted by Crippen LogP contribution is -2.40. The van der Waals surface area contributed by atoms with Gasteiger partial charge in [0.1, 0.15) is 12.1 Å². The Morgan fingerprint density at radius 2 is 2.12 bits per heavy atom. The van der Waals surface area contributed by atoms with E-state index in [1.165, 1.54) is 0 Å². The minimum atomic E-state index is -0.189. The van der Waals surface area contributed by atoms with Crippen LogP contribution >= 0.6 is 0 Å². The highest BCUT2D eigenvalue weighted by atomic mass is 16.5. The summed E-state index contributed by atoms with van der Waals surface area (Å²) in [7, 11) is 0. The maximum absolute atomic E-state index is 13.0. The summed E-state index contributed by atoms with van der Waals surface area (Å²) in [5.74, 6) is 1.43. The standard InChI is InChI=1S/C17H23N5O3/c1-2-21-10-8-18-14(21)17(23)22-9-4-3-6-12(22)15-19-20-16(25-15)13-7-5-11-24-13/h8,10,12-13H,2-7,9,11H2,1H3/t12-,13-/m1/s1. The molecule has 0 saturated carbocycles. The number of rotatable bonds is 4. The van der Waals surface area contributed by atoms with E-state index in [1.54, 1.807) is 6.20 Å². The van der Waals surface area contributed by atoms with Gasteiger partial charge in [0.2, 0.25) is 11.8 Å². The third kappa shape index (κ3) is 3.06. The summed E-state index contributed by atoms with van der Waals surface area (Å²) in [6.45, 7) is 4.12. The fourth-order valence-electron chi connectivity index (χ4n) is 3.61. The average Bonchev–Trinajstić information content (AvgIpc) is 3.41. The molecular weight excluding hydrogens is 322 g/mol. The van der Waals surface area contributed by atoms with Crippen LogP contribution in [0.4, 0.5) is 0 Å². The van der Waals surface area contributed by atoms with Gasteiger partial charge in [0.05, 0.1) is 0 Å². The van der Waals surface area contributed by atoms with Crippen molar-refractivity contribution in [2.45, 2.75) is 57.7 Å². The van der Waals surface area contributed by atoms with Crippen LogP contribution in [0.5, 0.6) is 0 Å². The van der Waals surface area contributed by atoms with Crippen LogP contribution in [-0.2, 0) is 11.3 Å². The molecular formula is C17H23N5O3. The van der Waals surface area contributed by atoms with E-state index in [2.05, 4.69) is 15.2 Å². The molecule has 2 atom stereocenters. The zero-order valence-electron chi connectivity index (χ0n) is 14.4. The molecule has 0 radical (unpaired) electrons. The molecule has 0 aliphatic carbocycles. The highest BCUT2D eigenvalue weighted by Crippen LogP contribution is 2.34. The Kier molecular flexibility index (Phi) is 4.52. The SMILES string of the molecule is CCn1ccnc1C(=O)N1CCCC[C@@H]1c1nnc([C@H]2CCCO2)o1. The number of amides is 1. The van der Waals surface area contributed by atoms with Gasteiger partial charge in [-0.1, -0.05) is 0 Å². The van der Waals surface area contributed by atoms with E-state index in [1.807, 2.05) is 22.6 Å². The Morgan fingerprint density at radius 3 is 2.92 bits per heavy atom. The molecule has 2 fully saturated rings. The second-order valence-electron chi connectivity index (χ2n) is 6.53. The van der Waals surface area contributed by atoms with Crippen molar-refractivity contribution in [1.29, 1.82) is 0 Å². The van der Waals surface area contributed by atoms with Gasteiger partial charge < -0.3 is 18.6 Å². The van der Waals surface area contributed by atoms with Crippen LogP contribution in [0, 0.1) is 0 Å². The van der Waals surface area contributed by atoms with Crippen LogP contribution in [-0.4, -0.2) is 43.7 Å². The summed E-state index contributed by atoms with van der Waals surface area (Å²) < 4.78 is 13.4. The molecule has 1 amide bonds. The van der Waals surface area contributed by atoms with Crippen LogP contribution in [0.2, 0.25) is 0 Å². The number of nitrogens with zero attached hydrogens (tertiary/aromatic N) is 5. The number of likely N-dealkylation sites (tertiary alicyclic amines) is 1. The normalized spacial score (nSPS) is 24.0. The minimum Gasteiger partial charge on any atom is -0.420 e. The molecule has 0 spiro atoms. The molecule has 2 aromatic rings. The molecule has 2 aliphatic rings. The zero-order valence-corrected chi connectivity index (χ0v) is 14.4. The zero-order chi connectivity index (χ0) is 17.2. The predicted molar refractivity (Wildman–Crippen MR) is 87.8 cm³/mol. The molecule has 8 nitrogen and oxygen atoms in total. The van der Waals surface area contributed by atoms with E-state index in [9.17, 15) is 4.79 Å². The van der Waals surface area contributed by atoms with Crippen LogP contribution in [0.25, 0.3) is 0 Å². The third-order valence-corrected chi connectivity index (χ3v) is 4.96. The van der Waals surface area contributed by atoms with Crippen LogP contribution in [0.1, 0.15) is 73.6 Å². The summed E-state index contributed by atoms with van der Waals surface area (Å²) in [6, 6.07) is -0.189. The van der Waals surface area contributed by atoms with Crippen LogP contribution in [0.15, 0.2) is 16.8 Å². The lowest BCUT2D eigenvalue weighted by atomic mass is 10.0. The van der Waals surface area contributed by atoms with Crippen molar-refractivity contribution in [3.8, 4) is 0 Å². The first-order valence-electron chi connectivity index (χ1n) is 9.05. The van der Waals surface area contributed by atoms with Crippen LogP contribution < -0.4 is 0 Å². The largest absolute Gasteiger partial charge is 0.420 e. The number of hydrogen-bond acceptors (Lipinski definition) is 6.